The minimum absolute atomic E-state index is 0.111. The second-order valence-electron chi connectivity index (χ2n) is 7.57. The van der Waals surface area contributed by atoms with Crippen molar-refractivity contribution in [2.45, 2.75) is 65.9 Å². The zero-order valence-electron chi connectivity index (χ0n) is 15.0. The van der Waals surface area contributed by atoms with Crippen molar-refractivity contribution in [3.05, 3.63) is 22.8 Å². The van der Waals surface area contributed by atoms with Crippen LogP contribution in [0.3, 0.4) is 0 Å². The minimum atomic E-state index is -2.95. The Balaban J connectivity index is 3.68. The lowest BCUT2D eigenvalue weighted by molar-refractivity contribution is -0.186. The second-order valence-corrected chi connectivity index (χ2v) is 8.27. The van der Waals surface area contributed by atoms with Crippen LogP contribution in [0.5, 0.6) is 11.5 Å². The molecule has 1 N–H and O–H groups in total. The summed E-state index contributed by atoms with van der Waals surface area (Å²) in [4.78, 5) is 10.8. The van der Waals surface area contributed by atoms with Gasteiger partial charge in [0.15, 0.2) is 0 Å². The molecule has 0 radical (unpaired) electrons. The van der Waals surface area contributed by atoms with Crippen molar-refractivity contribution in [3.8, 4) is 11.5 Å². The Hall–Kier alpha value is -1.16. The molecule has 5 nitrogen and oxygen atoms in total. The smallest absolute Gasteiger partial charge is 0.488 e. The van der Waals surface area contributed by atoms with E-state index in [1.807, 2.05) is 48.5 Å². The SMILES string of the molecule is CCOc1c(CO[P+](=O)[O-])cc(C(C)(C)C)c(O)c1C(C)(C)C. The lowest BCUT2D eigenvalue weighted by Gasteiger charge is -2.30. The first-order chi connectivity index (χ1) is 10.4. The van der Waals surface area contributed by atoms with Crippen molar-refractivity contribution in [1.29, 1.82) is 0 Å². The van der Waals surface area contributed by atoms with Crippen LogP contribution >= 0.6 is 8.25 Å². The second kappa shape index (κ2) is 7.16. The van der Waals surface area contributed by atoms with Gasteiger partial charge in [0.2, 0.25) is 0 Å². The Labute approximate surface area is 139 Å². The number of hydrogen-bond acceptors (Lipinski definition) is 5. The number of aromatic hydroxyl groups is 1. The monoisotopic (exact) mass is 342 g/mol. The van der Waals surface area contributed by atoms with Crippen LogP contribution in [0.2, 0.25) is 0 Å². The summed E-state index contributed by atoms with van der Waals surface area (Å²) in [5, 5.41) is 10.8. The van der Waals surface area contributed by atoms with E-state index in [1.165, 1.54) is 0 Å². The molecule has 1 aromatic rings. The number of ether oxygens (including phenoxy) is 1. The van der Waals surface area contributed by atoms with Crippen molar-refractivity contribution < 1.29 is 23.8 Å². The molecule has 0 bridgehead atoms. The molecule has 1 aromatic carbocycles. The number of rotatable bonds is 5. The zero-order chi connectivity index (χ0) is 18.0. The maximum absolute atomic E-state index is 10.8. The molecule has 0 amide bonds. The summed E-state index contributed by atoms with van der Waals surface area (Å²) < 4.78 is 21.3. The summed E-state index contributed by atoms with van der Waals surface area (Å²) in [7, 11) is -2.95. The number of phenolic OH excluding ortho intramolecular Hbond substituents is 1. The average Bonchev–Trinajstić information content (AvgIpc) is 2.34. The summed E-state index contributed by atoms with van der Waals surface area (Å²) in [5.41, 5.74) is 1.36. The van der Waals surface area contributed by atoms with E-state index in [0.717, 1.165) is 5.56 Å². The maximum Gasteiger partial charge on any atom is 0.488 e. The fraction of sp³-hybridized carbons (Fsp3) is 0.647. The van der Waals surface area contributed by atoms with E-state index < -0.39 is 8.25 Å². The molecule has 0 aromatic heterocycles. The van der Waals surface area contributed by atoms with E-state index in [1.54, 1.807) is 6.07 Å². The Bertz CT molecular complexity index is 582. The van der Waals surface area contributed by atoms with E-state index >= 15 is 0 Å². The Morgan fingerprint density at radius 2 is 1.74 bits per heavy atom. The van der Waals surface area contributed by atoms with E-state index in [-0.39, 0.29) is 23.2 Å². The van der Waals surface area contributed by atoms with Crippen molar-refractivity contribution in [2.24, 2.45) is 0 Å². The van der Waals surface area contributed by atoms with Crippen molar-refractivity contribution in [1.82, 2.24) is 0 Å². The van der Waals surface area contributed by atoms with Gasteiger partial charge in [0.05, 0.1) is 6.61 Å². The van der Waals surface area contributed by atoms with Gasteiger partial charge in [-0.3, -0.25) is 0 Å². The van der Waals surface area contributed by atoms with Gasteiger partial charge < -0.3 is 14.7 Å². The quantitative estimate of drug-likeness (QED) is 0.821. The predicted octanol–water partition coefficient (Wildman–Crippen LogP) is 3.92. The molecule has 6 heteroatoms. The highest BCUT2D eigenvalue weighted by Gasteiger charge is 2.31. The standard InChI is InChI=1S/C17H27O5P/c1-8-21-15-11(10-22-23(19)20)9-12(16(2,3)4)14(18)13(15)17(5,6)7/h9,18H,8,10H2,1-7H3. The Morgan fingerprint density at radius 1 is 1.17 bits per heavy atom. The van der Waals surface area contributed by atoms with Gasteiger partial charge in [-0.05, 0) is 28.4 Å². The highest BCUT2D eigenvalue weighted by atomic mass is 31.1. The largest absolute Gasteiger partial charge is 0.566 e. The normalized spacial score (nSPS) is 13.1. The van der Waals surface area contributed by atoms with Crippen LogP contribution in [0.25, 0.3) is 0 Å². The van der Waals surface area contributed by atoms with Crippen LogP contribution in [-0.2, 0) is 26.5 Å². The fourth-order valence-electron chi connectivity index (χ4n) is 2.52. The predicted molar refractivity (Wildman–Crippen MR) is 89.1 cm³/mol. The van der Waals surface area contributed by atoms with Gasteiger partial charge in [-0.25, -0.2) is 0 Å². The molecule has 0 heterocycles. The number of benzene rings is 1. The molecule has 0 aliphatic carbocycles. The molecular weight excluding hydrogens is 315 g/mol. The van der Waals surface area contributed by atoms with Crippen LogP contribution in [0.4, 0.5) is 0 Å². The van der Waals surface area contributed by atoms with Gasteiger partial charge in [0, 0.05) is 16.7 Å². The van der Waals surface area contributed by atoms with Crippen LogP contribution < -0.4 is 9.63 Å². The van der Waals surface area contributed by atoms with Gasteiger partial charge in [-0.1, -0.05) is 41.5 Å². The third kappa shape index (κ3) is 4.90. The zero-order valence-corrected chi connectivity index (χ0v) is 15.9. The summed E-state index contributed by atoms with van der Waals surface area (Å²) in [6.07, 6.45) is 0. The topological polar surface area (TPSA) is 78.8 Å². The first-order valence-corrected chi connectivity index (χ1v) is 8.79. The van der Waals surface area contributed by atoms with Crippen LogP contribution in [0.1, 0.15) is 65.2 Å². The van der Waals surface area contributed by atoms with Crippen LogP contribution in [0, 0.1) is 0 Å². The summed E-state index contributed by atoms with van der Waals surface area (Å²) in [6.45, 7) is 14.1. The van der Waals surface area contributed by atoms with Gasteiger partial charge in [-0.15, -0.1) is 4.52 Å². The average molecular weight is 342 g/mol. The molecular formula is C17H27O5P. The van der Waals surface area contributed by atoms with Gasteiger partial charge in [0.25, 0.3) is 0 Å². The summed E-state index contributed by atoms with van der Waals surface area (Å²) in [5.74, 6) is 0.700. The van der Waals surface area contributed by atoms with Crippen LogP contribution in [0.15, 0.2) is 6.07 Å². The molecule has 130 valence electrons. The summed E-state index contributed by atoms with van der Waals surface area (Å²) >= 11 is 0. The van der Waals surface area contributed by atoms with E-state index in [0.29, 0.717) is 23.5 Å². The molecule has 0 spiro atoms. The Kier molecular flexibility index (Phi) is 6.19. The van der Waals surface area contributed by atoms with Gasteiger partial charge in [-0.2, -0.15) is 0 Å². The molecule has 0 aliphatic heterocycles. The van der Waals surface area contributed by atoms with Gasteiger partial charge in [0.1, 0.15) is 18.1 Å². The Morgan fingerprint density at radius 3 is 2.13 bits per heavy atom. The summed E-state index contributed by atoms with van der Waals surface area (Å²) in [6, 6.07) is 1.77. The van der Waals surface area contributed by atoms with Crippen LogP contribution in [-0.4, -0.2) is 11.7 Å². The van der Waals surface area contributed by atoms with E-state index in [2.05, 4.69) is 0 Å². The molecule has 0 fully saturated rings. The third-order valence-electron chi connectivity index (χ3n) is 3.50. The third-order valence-corrected chi connectivity index (χ3v) is 3.84. The molecule has 1 atom stereocenters. The lowest BCUT2D eigenvalue weighted by Crippen LogP contribution is -2.20. The van der Waals surface area contributed by atoms with Crippen molar-refractivity contribution >= 4 is 8.25 Å². The lowest BCUT2D eigenvalue weighted by atomic mass is 9.77. The molecule has 1 rings (SSSR count). The first-order valence-electron chi connectivity index (χ1n) is 7.69. The number of hydrogen-bond donors (Lipinski definition) is 1. The highest BCUT2D eigenvalue weighted by Crippen LogP contribution is 2.46. The highest BCUT2D eigenvalue weighted by molar-refractivity contribution is 7.30. The molecule has 23 heavy (non-hydrogen) atoms. The molecule has 0 saturated carbocycles. The molecule has 0 saturated heterocycles. The molecule has 0 aliphatic rings. The van der Waals surface area contributed by atoms with Crippen molar-refractivity contribution in [3.63, 3.8) is 0 Å². The van der Waals surface area contributed by atoms with Crippen molar-refractivity contribution in [2.75, 3.05) is 6.61 Å². The fourth-order valence-corrected chi connectivity index (χ4v) is 2.76. The van der Waals surface area contributed by atoms with E-state index in [9.17, 15) is 14.6 Å². The maximum atomic E-state index is 10.8. The van der Waals surface area contributed by atoms with Gasteiger partial charge >= 0.3 is 8.25 Å². The number of phenols is 1. The first kappa shape index (κ1) is 19.9. The van der Waals surface area contributed by atoms with E-state index in [4.69, 9.17) is 9.26 Å². The molecule has 1 unspecified atom stereocenters. The minimum Gasteiger partial charge on any atom is -0.566 e.